The molecule has 0 spiro atoms. The van der Waals surface area contributed by atoms with Crippen molar-refractivity contribution in [2.24, 2.45) is 0 Å². The van der Waals surface area contributed by atoms with Crippen molar-refractivity contribution in [3.8, 4) is 17.0 Å². The second-order valence-electron chi connectivity index (χ2n) is 6.30. The second-order valence-corrected chi connectivity index (χ2v) is 6.30. The molecule has 0 aliphatic carbocycles. The minimum Gasteiger partial charge on any atom is -0.497 e. The minimum absolute atomic E-state index is 0.00311. The van der Waals surface area contributed by atoms with Crippen LogP contribution < -0.4 is 4.74 Å². The molecule has 1 aromatic heterocycles. The van der Waals surface area contributed by atoms with Crippen LogP contribution in [-0.2, 0) is 0 Å². The first-order valence-corrected chi connectivity index (χ1v) is 8.54. The van der Waals surface area contributed by atoms with Crippen molar-refractivity contribution in [3.63, 3.8) is 0 Å². The van der Waals surface area contributed by atoms with Gasteiger partial charge in [0.25, 0.3) is 0 Å². The molecule has 0 aliphatic rings. The topological polar surface area (TPSA) is 42.1 Å². The third kappa shape index (κ3) is 2.68. The van der Waals surface area contributed by atoms with E-state index in [1.165, 1.54) is 0 Å². The summed E-state index contributed by atoms with van der Waals surface area (Å²) in [5.74, 6) is 0.749. The van der Waals surface area contributed by atoms with Gasteiger partial charge >= 0.3 is 0 Å². The van der Waals surface area contributed by atoms with E-state index in [-0.39, 0.29) is 5.78 Å². The van der Waals surface area contributed by atoms with Gasteiger partial charge in [0.15, 0.2) is 5.78 Å². The molecule has 0 saturated heterocycles. The van der Waals surface area contributed by atoms with Crippen LogP contribution in [0.2, 0.25) is 0 Å². The number of benzene rings is 3. The van der Waals surface area contributed by atoms with Crippen LogP contribution in [0.5, 0.6) is 5.75 Å². The highest BCUT2D eigenvalue weighted by molar-refractivity contribution is 6.20. The van der Waals surface area contributed by atoms with Crippen molar-refractivity contribution in [2.75, 3.05) is 7.11 Å². The zero-order chi connectivity index (χ0) is 18.1. The number of carbonyl (C=O) groups excluding carboxylic acids is 1. The average Bonchev–Trinajstić information content (AvgIpc) is 3.08. The molecule has 0 aliphatic heterocycles. The van der Waals surface area contributed by atoms with Gasteiger partial charge in [-0.2, -0.15) is 0 Å². The Morgan fingerprint density at radius 1 is 0.923 bits per heavy atom. The summed E-state index contributed by atoms with van der Waals surface area (Å²) in [6, 6.07) is 23.2. The highest BCUT2D eigenvalue weighted by Gasteiger charge is 2.22. The van der Waals surface area contributed by atoms with Gasteiger partial charge in [-0.15, -0.1) is 0 Å². The molecule has 3 aromatic carbocycles. The summed E-state index contributed by atoms with van der Waals surface area (Å²) in [6.45, 7) is 2.02. The standard InChI is InChI=1S/C23H19NO2/c1-15-13-18(26-2)14-19-20(23(25)17-11-7-4-8-12-17)22(24-21(15)19)16-9-5-3-6-10-16/h3-14,24H,1-2H3. The molecule has 0 amide bonds. The Morgan fingerprint density at radius 2 is 1.58 bits per heavy atom. The van der Waals surface area contributed by atoms with Gasteiger partial charge in [-0.3, -0.25) is 4.79 Å². The van der Waals surface area contributed by atoms with Crippen molar-refractivity contribution < 1.29 is 9.53 Å². The molecule has 4 aromatic rings. The maximum Gasteiger partial charge on any atom is 0.195 e. The fraction of sp³-hybridized carbons (Fsp3) is 0.0870. The molecule has 128 valence electrons. The van der Waals surface area contributed by atoms with Gasteiger partial charge < -0.3 is 9.72 Å². The van der Waals surface area contributed by atoms with Crippen LogP contribution >= 0.6 is 0 Å². The highest BCUT2D eigenvalue weighted by atomic mass is 16.5. The van der Waals surface area contributed by atoms with Crippen LogP contribution in [0.4, 0.5) is 0 Å². The highest BCUT2D eigenvalue weighted by Crippen LogP contribution is 2.35. The Kier molecular flexibility index (Phi) is 4.05. The summed E-state index contributed by atoms with van der Waals surface area (Å²) in [4.78, 5) is 16.8. The largest absolute Gasteiger partial charge is 0.497 e. The molecule has 1 N–H and O–H groups in total. The minimum atomic E-state index is 0.00311. The number of carbonyl (C=O) groups is 1. The number of methoxy groups -OCH3 is 1. The molecule has 0 atom stereocenters. The van der Waals surface area contributed by atoms with Crippen LogP contribution in [0, 0.1) is 6.92 Å². The fourth-order valence-electron chi connectivity index (χ4n) is 3.35. The average molecular weight is 341 g/mol. The van der Waals surface area contributed by atoms with E-state index in [2.05, 4.69) is 4.98 Å². The maximum atomic E-state index is 13.4. The van der Waals surface area contributed by atoms with E-state index in [9.17, 15) is 4.79 Å². The monoisotopic (exact) mass is 341 g/mol. The Bertz CT molecular complexity index is 1080. The number of hydrogen-bond acceptors (Lipinski definition) is 2. The number of nitrogens with one attached hydrogen (secondary N) is 1. The fourth-order valence-corrected chi connectivity index (χ4v) is 3.35. The first-order chi connectivity index (χ1) is 12.7. The molecular formula is C23H19NO2. The van der Waals surface area contributed by atoms with Crippen LogP contribution in [-0.4, -0.2) is 17.9 Å². The van der Waals surface area contributed by atoms with Crippen LogP contribution in [0.3, 0.4) is 0 Å². The van der Waals surface area contributed by atoms with E-state index in [0.717, 1.165) is 33.5 Å². The van der Waals surface area contributed by atoms with E-state index in [1.54, 1.807) is 7.11 Å². The molecule has 0 saturated carbocycles. The summed E-state index contributed by atoms with van der Waals surface area (Å²) in [7, 11) is 1.64. The molecule has 1 heterocycles. The predicted octanol–water partition coefficient (Wildman–Crippen LogP) is 5.38. The first-order valence-electron chi connectivity index (χ1n) is 8.54. The van der Waals surface area contributed by atoms with E-state index in [1.807, 2.05) is 79.7 Å². The third-order valence-electron chi connectivity index (χ3n) is 4.64. The lowest BCUT2D eigenvalue weighted by atomic mass is 9.96. The number of fused-ring (bicyclic) bond motifs is 1. The van der Waals surface area contributed by atoms with E-state index < -0.39 is 0 Å². The second kappa shape index (κ2) is 6.52. The van der Waals surface area contributed by atoms with Gasteiger partial charge in [-0.1, -0.05) is 60.7 Å². The molecule has 4 rings (SSSR count). The lowest BCUT2D eigenvalue weighted by Gasteiger charge is -2.06. The number of aromatic amines is 1. The SMILES string of the molecule is COc1cc(C)c2[nH]c(-c3ccccc3)c(C(=O)c3ccccc3)c2c1. The Hall–Kier alpha value is -3.33. The maximum absolute atomic E-state index is 13.4. The molecule has 0 radical (unpaired) electrons. The number of H-pyrrole nitrogens is 1. The quantitative estimate of drug-likeness (QED) is 0.506. The Labute approximate surface area is 152 Å². The summed E-state index contributed by atoms with van der Waals surface area (Å²) in [5.41, 5.74) is 5.19. The summed E-state index contributed by atoms with van der Waals surface area (Å²) in [6.07, 6.45) is 0. The van der Waals surface area contributed by atoms with Gasteiger partial charge in [0.05, 0.1) is 18.4 Å². The zero-order valence-corrected chi connectivity index (χ0v) is 14.7. The van der Waals surface area contributed by atoms with Crippen molar-refractivity contribution in [1.82, 2.24) is 4.98 Å². The lowest BCUT2D eigenvalue weighted by Crippen LogP contribution is -2.02. The number of hydrogen-bond donors (Lipinski definition) is 1. The number of aryl methyl sites for hydroxylation is 1. The van der Waals surface area contributed by atoms with E-state index >= 15 is 0 Å². The van der Waals surface area contributed by atoms with Crippen molar-refractivity contribution in [1.29, 1.82) is 0 Å². The molecular weight excluding hydrogens is 322 g/mol. The van der Waals surface area contributed by atoms with E-state index in [4.69, 9.17) is 4.74 Å². The number of ether oxygens (including phenoxy) is 1. The third-order valence-corrected chi connectivity index (χ3v) is 4.64. The van der Waals surface area contributed by atoms with Crippen molar-refractivity contribution in [2.45, 2.75) is 6.92 Å². The molecule has 3 nitrogen and oxygen atoms in total. The molecule has 3 heteroatoms. The predicted molar refractivity (Wildman–Crippen MR) is 105 cm³/mol. The smallest absolute Gasteiger partial charge is 0.195 e. The summed E-state index contributed by atoms with van der Waals surface area (Å²) < 4.78 is 5.43. The Morgan fingerprint density at radius 3 is 2.23 bits per heavy atom. The van der Waals surface area contributed by atoms with Gasteiger partial charge in [0, 0.05) is 16.5 Å². The van der Waals surface area contributed by atoms with Crippen molar-refractivity contribution in [3.05, 3.63) is 89.5 Å². The molecule has 0 unspecified atom stereocenters. The van der Waals surface area contributed by atoms with Gasteiger partial charge in [0.1, 0.15) is 5.75 Å². The molecule has 0 fully saturated rings. The number of ketones is 1. The number of rotatable bonds is 4. The normalized spacial score (nSPS) is 10.8. The number of aromatic nitrogens is 1. The van der Waals surface area contributed by atoms with Gasteiger partial charge in [-0.05, 0) is 30.2 Å². The van der Waals surface area contributed by atoms with Gasteiger partial charge in [-0.25, -0.2) is 0 Å². The summed E-state index contributed by atoms with van der Waals surface area (Å²) >= 11 is 0. The molecule has 26 heavy (non-hydrogen) atoms. The van der Waals surface area contributed by atoms with Gasteiger partial charge in [0.2, 0.25) is 0 Å². The first kappa shape index (κ1) is 16.2. The Balaban J connectivity index is 2.04. The van der Waals surface area contributed by atoms with Crippen LogP contribution in [0.1, 0.15) is 21.5 Å². The van der Waals surface area contributed by atoms with E-state index in [0.29, 0.717) is 11.1 Å². The molecule has 0 bridgehead atoms. The van der Waals surface area contributed by atoms with Crippen molar-refractivity contribution >= 4 is 16.7 Å². The zero-order valence-electron chi connectivity index (χ0n) is 14.7. The van der Waals surface area contributed by atoms with Crippen LogP contribution in [0.15, 0.2) is 72.8 Å². The summed E-state index contributed by atoms with van der Waals surface area (Å²) in [5, 5.41) is 0.884. The lowest BCUT2D eigenvalue weighted by molar-refractivity contribution is 0.104. The van der Waals surface area contributed by atoms with Crippen LogP contribution in [0.25, 0.3) is 22.2 Å².